The van der Waals surface area contributed by atoms with Crippen LogP contribution < -0.4 is 5.32 Å². The minimum Gasteiger partial charge on any atom is -0.356 e. The standard InChI is InChI=1S/C10H15N7O/c18-10(3-6-17-7-5-13-16-17)11-4-1-2-9-12-8-14-15-9/h5,7-8H,1-4,6H2,(H,11,18)(H,12,14,15). The van der Waals surface area contributed by atoms with Crippen LogP contribution in [0, 0.1) is 0 Å². The Hall–Kier alpha value is -2.25. The number of nitrogens with one attached hydrogen (secondary N) is 2. The molecule has 0 bridgehead atoms. The summed E-state index contributed by atoms with van der Waals surface area (Å²) in [7, 11) is 0. The van der Waals surface area contributed by atoms with E-state index in [-0.39, 0.29) is 5.91 Å². The van der Waals surface area contributed by atoms with Crippen LogP contribution in [-0.4, -0.2) is 42.6 Å². The van der Waals surface area contributed by atoms with Gasteiger partial charge in [-0.05, 0) is 6.42 Å². The summed E-state index contributed by atoms with van der Waals surface area (Å²) in [4.78, 5) is 15.5. The van der Waals surface area contributed by atoms with Crippen LogP contribution in [0.5, 0.6) is 0 Å². The molecule has 0 saturated carbocycles. The van der Waals surface area contributed by atoms with Crippen LogP contribution in [0.1, 0.15) is 18.7 Å². The highest BCUT2D eigenvalue weighted by Gasteiger charge is 2.02. The number of rotatable bonds is 7. The molecule has 0 aromatic carbocycles. The van der Waals surface area contributed by atoms with Crippen molar-refractivity contribution in [3.8, 4) is 0 Å². The molecule has 18 heavy (non-hydrogen) atoms. The third-order valence-electron chi connectivity index (χ3n) is 2.42. The second-order valence-corrected chi connectivity index (χ2v) is 3.80. The van der Waals surface area contributed by atoms with Crippen LogP contribution in [0.2, 0.25) is 0 Å². The number of carbonyl (C=O) groups is 1. The summed E-state index contributed by atoms with van der Waals surface area (Å²) in [6.07, 6.45) is 6.83. The quantitative estimate of drug-likeness (QED) is 0.646. The van der Waals surface area contributed by atoms with Crippen molar-refractivity contribution >= 4 is 5.91 Å². The molecule has 0 aliphatic rings. The van der Waals surface area contributed by atoms with Gasteiger partial charge in [0, 0.05) is 25.6 Å². The van der Waals surface area contributed by atoms with Crippen molar-refractivity contribution in [2.75, 3.05) is 6.54 Å². The maximum atomic E-state index is 11.5. The zero-order valence-corrected chi connectivity index (χ0v) is 9.91. The van der Waals surface area contributed by atoms with Gasteiger partial charge in [-0.3, -0.25) is 14.6 Å². The molecule has 0 aliphatic heterocycles. The van der Waals surface area contributed by atoms with Crippen LogP contribution in [0.25, 0.3) is 0 Å². The Labute approximate surface area is 104 Å². The van der Waals surface area contributed by atoms with Crippen LogP contribution in [0.15, 0.2) is 18.7 Å². The maximum absolute atomic E-state index is 11.5. The number of aromatic amines is 1. The van der Waals surface area contributed by atoms with Crippen molar-refractivity contribution in [2.45, 2.75) is 25.8 Å². The van der Waals surface area contributed by atoms with E-state index >= 15 is 0 Å². The molecular weight excluding hydrogens is 234 g/mol. The summed E-state index contributed by atoms with van der Waals surface area (Å²) in [5, 5.41) is 16.8. The zero-order chi connectivity index (χ0) is 12.6. The highest BCUT2D eigenvalue weighted by atomic mass is 16.1. The third kappa shape index (κ3) is 3.96. The van der Waals surface area contributed by atoms with E-state index in [0.29, 0.717) is 19.5 Å². The van der Waals surface area contributed by atoms with Gasteiger partial charge in [0.05, 0.1) is 12.7 Å². The Kier molecular flexibility index (Phi) is 4.39. The normalized spacial score (nSPS) is 10.4. The van der Waals surface area contributed by atoms with Gasteiger partial charge in [-0.15, -0.1) is 5.10 Å². The summed E-state index contributed by atoms with van der Waals surface area (Å²) in [6, 6.07) is 0. The Morgan fingerprint density at radius 2 is 2.44 bits per heavy atom. The summed E-state index contributed by atoms with van der Waals surface area (Å²) >= 11 is 0. The fourth-order valence-electron chi connectivity index (χ4n) is 1.49. The lowest BCUT2D eigenvalue weighted by Crippen LogP contribution is -2.25. The predicted octanol–water partition coefficient (Wildman–Crippen LogP) is -0.465. The van der Waals surface area contributed by atoms with Gasteiger partial charge in [-0.2, -0.15) is 5.10 Å². The van der Waals surface area contributed by atoms with Gasteiger partial charge in [-0.25, -0.2) is 4.98 Å². The van der Waals surface area contributed by atoms with Crippen molar-refractivity contribution in [2.24, 2.45) is 0 Å². The lowest BCUT2D eigenvalue weighted by atomic mass is 10.3. The topological polar surface area (TPSA) is 101 Å². The van der Waals surface area contributed by atoms with Gasteiger partial charge in [-0.1, -0.05) is 5.21 Å². The number of aromatic nitrogens is 6. The van der Waals surface area contributed by atoms with Gasteiger partial charge >= 0.3 is 0 Å². The SMILES string of the molecule is O=C(CCn1ccnn1)NCCCc1ncn[nH]1. The molecule has 8 heteroatoms. The molecule has 0 fully saturated rings. The summed E-state index contributed by atoms with van der Waals surface area (Å²) in [6.45, 7) is 1.19. The largest absolute Gasteiger partial charge is 0.356 e. The number of hydrogen-bond donors (Lipinski definition) is 2. The zero-order valence-electron chi connectivity index (χ0n) is 9.91. The van der Waals surface area contributed by atoms with Crippen molar-refractivity contribution in [3.05, 3.63) is 24.5 Å². The number of hydrogen-bond acceptors (Lipinski definition) is 5. The molecule has 0 unspecified atom stereocenters. The fraction of sp³-hybridized carbons (Fsp3) is 0.500. The Morgan fingerprint density at radius 3 is 3.17 bits per heavy atom. The Morgan fingerprint density at radius 1 is 1.50 bits per heavy atom. The molecule has 0 atom stereocenters. The molecule has 96 valence electrons. The van der Waals surface area contributed by atoms with Crippen molar-refractivity contribution in [3.63, 3.8) is 0 Å². The van der Waals surface area contributed by atoms with Crippen molar-refractivity contribution < 1.29 is 4.79 Å². The van der Waals surface area contributed by atoms with Gasteiger partial charge in [0.25, 0.3) is 0 Å². The monoisotopic (exact) mass is 249 g/mol. The highest BCUT2D eigenvalue weighted by Crippen LogP contribution is 1.92. The number of amides is 1. The molecule has 0 saturated heterocycles. The van der Waals surface area contributed by atoms with Crippen LogP contribution >= 0.6 is 0 Å². The lowest BCUT2D eigenvalue weighted by Gasteiger charge is -2.04. The van der Waals surface area contributed by atoms with E-state index in [2.05, 4.69) is 30.8 Å². The fourth-order valence-corrected chi connectivity index (χ4v) is 1.49. The van der Waals surface area contributed by atoms with Crippen LogP contribution in [0.4, 0.5) is 0 Å². The van der Waals surface area contributed by atoms with Crippen molar-refractivity contribution in [1.82, 2.24) is 35.5 Å². The van der Waals surface area contributed by atoms with Gasteiger partial charge in [0.2, 0.25) is 5.91 Å². The summed E-state index contributed by atoms with van der Waals surface area (Å²) < 4.78 is 1.63. The first-order valence-electron chi connectivity index (χ1n) is 5.79. The van der Waals surface area contributed by atoms with Crippen LogP contribution in [0.3, 0.4) is 0 Å². The second kappa shape index (κ2) is 6.48. The molecule has 0 aliphatic carbocycles. The Balaban J connectivity index is 1.55. The average molecular weight is 249 g/mol. The first kappa shape index (κ1) is 12.2. The van der Waals surface area contributed by atoms with E-state index in [9.17, 15) is 4.79 Å². The smallest absolute Gasteiger partial charge is 0.221 e. The van der Waals surface area contributed by atoms with E-state index in [1.54, 1.807) is 17.1 Å². The molecule has 0 spiro atoms. The van der Waals surface area contributed by atoms with Gasteiger partial charge in [0.15, 0.2) is 0 Å². The Bertz CT molecular complexity index is 451. The van der Waals surface area contributed by atoms with Gasteiger partial charge in [0.1, 0.15) is 12.2 Å². The van der Waals surface area contributed by atoms with Gasteiger partial charge < -0.3 is 5.32 Å². The molecule has 1 amide bonds. The minimum atomic E-state index is 0.0167. The number of carbonyl (C=O) groups excluding carboxylic acids is 1. The van der Waals surface area contributed by atoms with E-state index in [1.807, 2.05) is 0 Å². The van der Waals surface area contributed by atoms with Crippen LogP contribution in [-0.2, 0) is 17.8 Å². The van der Waals surface area contributed by atoms with E-state index in [0.717, 1.165) is 18.7 Å². The second-order valence-electron chi connectivity index (χ2n) is 3.80. The molecular formula is C10H15N7O. The average Bonchev–Trinajstić information content (AvgIpc) is 3.04. The highest BCUT2D eigenvalue weighted by molar-refractivity contribution is 5.75. The van der Waals surface area contributed by atoms with E-state index in [1.165, 1.54) is 6.33 Å². The number of nitrogens with zero attached hydrogens (tertiary/aromatic N) is 5. The van der Waals surface area contributed by atoms with E-state index < -0.39 is 0 Å². The third-order valence-corrected chi connectivity index (χ3v) is 2.42. The summed E-state index contributed by atoms with van der Waals surface area (Å²) in [5.41, 5.74) is 0. The van der Waals surface area contributed by atoms with E-state index in [4.69, 9.17) is 0 Å². The molecule has 2 aromatic rings. The molecule has 2 N–H and O–H groups in total. The van der Waals surface area contributed by atoms with Crippen molar-refractivity contribution in [1.29, 1.82) is 0 Å². The first-order chi connectivity index (χ1) is 8.84. The first-order valence-corrected chi connectivity index (χ1v) is 5.79. The summed E-state index contributed by atoms with van der Waals surface area (Å²) in [5.74, 6) is 0.856. The minimum absolute atomic E-state index is 0.0167. The molecule has 2 heterocycles. The maximum Gasteiger partial charge on any atom is 0.221 e. The molecule has 8 nitrogen and oxygen atoms in total. The lowest BCUT2D eigenvalue weighted by molar-refractivity contribution is -0.121. The molecule has 0 radical (unpaired) electrons. The molecule has 2 rings (SSSR count). The number of H-pyrrole nitrogens is 1. The predicted molar refractivity (Wildman–Crippen MR) is 62.4 cm³/mol. The number of aryl methyl sites for hydroxylation is 2. The molecule has 2 aromatic heterocycles.